The van der Waals surface area contributed by atoms with Crippen LogP contribution in [-0.4, -0.2) is 47.6 Å². The SMILES string of the molecule is CN(C)C(=O)NCc1cccc2[nH]c(NC(C)(COC(=O)C(C)(C)C)c3cccc(Cl)c3)nc12. The number of anilines is 1. The van der Waals surface area contributed by atoms with Crippen LogP contribution in [0, 0.1) is 5.41 Å². The molecule has 1 atom stereocenters. The number of nitrogens with zero attached hydrogens (tertiary/aromatic N) is 2. The van der Waals surface area contributed by atoms with E-state index in [1.54, 1.807) is 20.2 Å². The van der Waals surface area contributed by atoms with E-state index in [2.05, 4.69) is 15.6 Å². The molecule has 1 unspecified atom stereocenters. The maximum atomic E-state index is 12.5. The molecule has 0 aliphatic carbocycles. The van der Waals surface area contributed by atoms with Gasteiger partial charge in [-0.3, -0.25) is 4.79 Å². The molecule has 182 valence electrons. The van der Waals surface area contributed by atoms with Gasteiger partial charge < -0.3 is 25.3 Å². The molecule has 0 spiro atoms. The van der Waals surface area contributed by atoms with Crippen molar-refractivity contribution in [1.29, 1.82) is 0 Å². The summed E-state index contributed by atoms with van der Waals surface area (Å²) in [5.41, 5.74) is 1.85. The largest absolute Gasteiger partial charge is 0.462 e. The van der Waals surface area contributed by atoms with Gasteiger partial charge in [-0.2, -0.15) is 0 Å². The molecule has 0 radical (unpaired) electrons. The number of H-pyrrole nitrogens is 1. The van der Waals surface area contributed by atoms with Crippen LogP contribution >= 0.6 is 11.6 Å². The fraction of sp³-hybridized carbons (Fsp3) is 0.400. The van der Waals surface area contributed by atoms with Crippen LogP contribution in [0.2, 0.25) is 5.02 Å². The quantitative estimate of drug-likeness (QED) is 0.413. The Balaban J connectivity index is 1.91. The monoisotopic (exact) mass is 485 g/mol. The first-order chi connectivity index (χ1) is 15.9. The molecular formula is C25H32ClN5O3. The number of hydrogen-bond acceptors (Lipinski definition) is 5. The van der Waals surface area contributed by atoms with Gasteiger partial charge in [-0.05, 0) is 57.0 Å². The molecular weight excluding hydrogens is 454 g/mol. The standard InChI is InChI=1S/C25H32ClN5O3/c1-24(2,3)21(32)34-15-25(4,17-10-8-11-18(26)13-17)30-22-28-19-12-7-9-16(20(19)29-22)14-27-23(33)31(5)6/h7-13H,14-15H2,1-6H3,(H,27,33)(H2,28,29,30). The highest BCUT2D eigenvalue weighted by molar-refractivity contribution is 6.30. The molecule has 0 bridgehead atoms. The van der Waals surface area contributed by atoms with Gasteiger partial charge in [-0.25, -0.2) is 9.78 Å². The Hall–Kier alpha value is -3.26. The van der Waals surface area contributed by atoms with Crippen LogP contribution in [0.25, 0.3) is 11.0 Å². The van der Waals surface area contributed by atoms with Crippen molar-refractivity contribution in [2.45, 2.75) is 39.8 Å². The first-order valence-corrected chi connectivity index (χ1v) is 11.4. The zero-order chi connectivity index (χ0) is 25.1. The molecule has 1 aromatic heterocycles. The van der Waals surface area contributed by atoms with Gasteiger partial charge in [0.05, 0.1) is 22.0 Å². The molecule has 2 aromatic carbocycles. The maximum Gasteiger partial charge on any atom is 0.317 e. The number of carbonyl (C=O) groups is 2. The molecule has 3 aromatic rings. The number of carbonyl (C=O) groups excluding carboxylic acids is 2. The van der Waals surface area contributed by atoms with Crippen molar-refractivity contribution < 1.29 is 14.3 Å². The second-order valence-corrected chi connectivity index (χ2v) is 10.2. The summed E-state index contributed by atoms with van der Waals surface area (Å²) in [5.74, 6) is 0.210. The molecule has 0 saturated carbocycles. The number of ether oxygens (including phenoxy) is 1. The zero-order valence-corrected chi connectivity index (χ0v) is 21.2. The van der Waals surface area contributed by atoms with Gasteiger partial charge in [0.1, 0.15) is 6.61 Å². The number of nitrogens with one attached hydrogen (secondary N) is 3. The molecule has 0 saturated heterocycles. The number of esters is 1. The number of hydrogen-bond donors (Lipinski definition) is 3. The highest BCUT2D eigenvalue weighted by atomic mass is 35.5. The number of benzene rings is 2. The van der Waals surface area contributed by atoms with E-state index in [4.69, 9.17) is 21.3 Å². The number of amides is 2. The van der Waals surface area contributed by atoms with Crippen LogP contribution in [0.3, 0.4) is 0 Å². The van der Waals surface area contributed by atoms with E-state index in [9.17, 15) is 9.59 Å². The second kappa shape index (κ2) is 9.93. The molecule has 0 aliphatic rings. The van der Waals surface area contributed by atoms with Crippen LogP contribution in [-0.2, 0) is 21.6 Å². The summed E-state index contributed by atoms with van der Waals surface area (Å²) in [5, 5.41) is 6.85. The summed E-state index contributed by atoms with van der Waals surface area (Å²) in [6.45, 7) is 7.79. The zero-order valence-electron chi connectivity index (χ0n) is 20.5. The van der Waals surface area contributed by atoms with Crippen molar-refractivity contribution in [3.8, 4) is 0 Å². The lowest BCUT2D eigenvalue weighted by Gasteiger charge is -2.32. The summed E-state index contributed by atoms with van der Waals surface area (Å²) < 4.78 is 5.68. The number of imidazole rings is 1. The van der Waals surface area contributed by atoms with E-state index in [-0.39, 0.29) is 18.6 Å². The van der Waals surface area contributed by atoms with Crippen molar-refractivity contribution in [2.24, 2.45) is 5.41 Å². The highest BCUT2D eigenvalue weighted by Gasteiger charge is 2.32. The Morgan fingerprint density at radius 2 is 1.82 bits per heavy atom. The predicted octanol–water partition coefficient (Wildman–Crippen LogP) is 4.90. The number of halogens is 1. The normalized spacial score (nSPS) is 13.3. The molecule has 3 N–H and O–H groups in total. The molecule has 0 aliphatic heterocycles. The van der Waals surface area contributed by atoms with E-state index in [0.717, 1.165) is 22.2 Å². The number of aromatic nitrogens is 2. The first kappa shape index (κ1) is 25.4. The molecule has 0 fully saturated rings. The van der Waals surface area contributed by atoms with Crippen LogP contribution in [0.1, 0.15) is 38.8 Å². The Morgan fingerprint density at radius 1 is 1.12 bits per heavy atom. The molecule has 2 amide bonds. The van der Waals surface area contributed by atoms with Crippen molar-refractivity contribution in [1.82, 2.24) is 20.2 Å². The average molecular weight is 486 g/mol. The lowest BCUT2D eigenvalue weighted by Crippen LogP contribution is -2.39. The second-order valence-electron chi connectivity index (χ2n) is 9.75. The van der Waals surface area contributed by atoms with E-state index < -0.39 is 11.0 Å². The Labute approximate surface area is 205 Å². The van der Waals surface area contributed by atoms with Gasteiger partial charge in [0.2, 0.25) is 5.95 Å². The smallest absolute Gasteiger partial charge is 0.317 e. The Kier molecular flexibility index (Phi) is 7.41. The van der Waals surface area contributed by atoms with Gasteiger partial charge in [0.25, 0.3) is 0 Å². The molecule has 8 nitrogen and oxygen atoms in total. The third kappa shape index (κ3) is 5.99. The third-order valence-corrected chi connectivity index (χ3v) is 5.63. The number of aromatic amines is 1. The minimum absolute atomic E-state index is 0.0756. The number of para-hydroxylation sites is 1. The number of rotatable bonds is 7. The fourth-order valence-corrected chi connectivity index (χ4v) is 3.52. The highest BCUT2D eigenvalue weighted by Crippen LogP contribution is 2.30. The first-order valence-electron chi connectivity index (χ1n) is 11.0. The van der Waals surface area contributed by atoms with Crippen molar-refractivity contribution in [2.75, 3.05) is 26.0 Å². The molecule has 9 heteroatoms. The topological polar surface area (TPSA) is 99.4 Å². The van der Waals surface area contributed by atoms with Crippen LogP contribution in [0.5, 0.6) is 0 Å². The van der Waals surface area contributed by atoms with Gasteiger partial charge >= 0.3 is 12.0 Å². The van der Waals surface area contributed by atoms with E-state index in [1.165, 1.54) is 4.90 Å². The van der Waals surface area contributed by atoms with Gasteiger partial charge in [0, 0.05) is 25.7 Å². The molecule has 3 rings (SSSR count). The fourth-order valence-electron chi connectivity index (χ4n) is 3.33. The van der Waals surface area contributed by atoms with Gasteiger partial charge in [-0.1, -0.05) is 35.9 Å². The Bertz CT molecular complexity index is 1180. The van der Waals surface area contributed by atoms with E-state index in [0.29, 0.717) is 17.5 Å². The summed E-state index contributed by atoms with van der Waals surface area (Å²) in [7, 11) is 3.38. The van der Waals surface area contributed by atoms with Gasteiger partial charge in [0.15, 0.2) is 0 Å². The summed E-state index contributed by atoms with van der Waals surface area (Å²) >= 11 is 6.26. The van der Waals surface area contributed by atoms with Crippen molar-refractivity contribution in [3.05, 3.63) is 58.6 Å². The van der Waals surface area contributed by atoms with E-state index >= 15 is 0 Å². The van der Waals surface area contributed by atoms with E-state index in [1.807, 2.05) is 64.1 Å². The van der Waals surface area contributed by atoms with Crippen molar-refractivity contribution >= 4 is 40.6 Å². The lowest BCUT2D eigenvalue weighted by molar-refractivity contribution is -0.154. The summed E-state index contributed by atoms with van der Waals surface area (Å²) in [6.07, 6.45) is 0. The summed E-state index contributed by atoms with van der Waals surface area (Å²) in [4.78, 5) is 33.9. The third-order valence-electron chi connectivity index (χ3n) is 5.39. The molecule has 34 heavy (non-hydrogen) atoms. The maximum absolute atomic E-state index is 12.5. The summed E-state index contributed by atoms with van der Waals surface area (Å²) in [6, 6.07) is 13.0. The minimum atomic E-state index is -0.807. The minimum Gasteiger partial charge on any atom is -0.462 e. The number of fused-ring (bicyclic) bond motifs is 1. The number of urea groups is 1. The molecule has 1 heterocycles. The van der Waals surface area contributed by atoms with Crippen LogP contribution in [0.15, 0.2) is 42.5 Å². The predicted molar refractivity (Wildman–Crippen MR) is 135 cm³/mol. The lowest BCUT2D eigenvalue weighted by atomic mass is 9.92. The Morgan fingerprint density at radius 3 is 2.47 bits per heavy atom. The average Bonchev–Trinajstić information content (AvgIpc) is 3.17. The van der Waals surface area contributed by atoms with Gasteiger partial charge in [-0.15, -0.1) is 0 Å². The van der Waals surface area contributed by atoms with Crippen LogP contribution in [0.4, 0.5) is 10.7 Å². The van der Waals surface area contributed by atoms with Crippen molar-refractivity contribution in [3.63, 3.8) is 0 Å². The van der Waals surface area contributed by atoms with Crippen LogP contribution < -0.4 is 10.6 Å².